The number of aliphatic carboxylic acids is 1. The van der Waals surface area contributed by atoms with E-state index in [1.54, 1.807) is 0 Å². The third kappa shape index (κ3) is 7.57. The number of nitrogens with zero attached hydrogens (tertiary/aromatic N) is 3. The van der Waals surface area contributed by atoms with Crippen molar-refractivity contribution in [3.05, 3.63) is 36.3 Å². The Labute approximate surface area is 231 Å². The lowest BCUT2D eigenvalue weighted by atomic mass is 9.83. The SMILES string of the molecule is CCCCN(CCCCN(C)C)C(=O)CN1CC(c2ccc3c(c2)OCO3)[C@H](C(=O)O)[C@H]1CCC1OC=CO1. The zero-order valence-corrected chi connectivity index (χ0v) is 23.4. The lowest BCUT2D eigenvalue weighted by Crippen LogP contribution is -2.45. The third-order valence-electron chi connectivity index (χ3n) is 7.83. The van der Waals surface area contributed by atoms with Gasteiger partial charge in [0.2, 0.25) is 19.0 Å². The van der Waals surface area contributed by atoms with E-state index >= 15 is 0 Å². The largest absolute Gasteiger partial charge is 0.481 e. The molecule has 1 fully saturated rings. The van der Waals surface area contributed by atoms with Gasteiger partial charge in [-0.15, -0.1) is 0 Å². The van der Waals surface area contributed by atoms with Gasteiger partial charge in [-0.05, 0) is 64.0 Å². The Balaban J connectivity index is 1.51. The van der Waals surface area contributed by atoms with Gasteiger partial charge in [-0.3, -0.25) is 14.5 Å². The van der Waals surface area contributed by atoms with Crippen molar-refractivity contribution in [3.8, 4) is 11.5 Å². The molecule has 39 heavy (non-hydrogen) atoms. The molecule has 1 aromatic carbocycles. The van der Waals surface area contributed by atoms with E-state index in [1.807, 2.05) is 23.1 Å². The second-order valence-electron chi connectivity index (χ2n) is 10.9. The second kappa shape index (κ2) is 13.9. The van der Waals surface area contributed by atoms with Crippen LogP contribution in [0.4, 0.5) is 0 Å². The van der Waals surface area contributed by atoms with Crippen LogP contribution in [0.5, 0.6) is 11.5 Å². The topological polar surface area (TPSA) is 101 Å². The van der Waals surface area contributed by atoms with Gasteiger partial charge < -0.3 is 33.9 Å². The number of benzene rings is 1. The highest BCUT2D eigenvalue weighted by Crippen LogP contribution is 2.43. The van der Waals surface area contributed by atoms with Gasteiger partial charge >= 0.3 is 5.97 Å². The zero-order chi connectivity index (χ0) is 27.8. The van der Waals surface area contributed by atoms with Gasteiger partial charge in [0.1, 0.15) is 12.5 Å². The maximum absolute atomic E-state index is 13.6. The molecule has 1 unspecified atom stereocenters. The molecule has 3 atom stereocenters. The maximum Gasteiger partial charge on any atom is 0.308 e. The van der Waals surface area contributed by atoms with E-state index in [2.05, 4.69) is 30.8 Å². The smallest absolute Gasteiger partial charge is 0.308 e. The van der Waals surface area contributed by atoms with Crippen molar-refractivity contribution < 1.29 is 33.6 Å². The van der Waals surface area contributed by atoms with Gasteiger partial charge in [0.15, 0.2) is 11.5 Å². The van der Waals surface area contributed by atoms with Crippen molar-refractivity contribution >= 4 is 11.9 Å². The van der Waals surface area contributed by atoms with Crippen molar-refractivity contribution in [1.29, 1.82) is 0 Å². The van der Waals surface area contributed by atoms with Crippen molar-refractivity contribution in [2.75, 3.05) is 53.6 Å². The first kappa shape index (κ1) is 29.0. The Morgan fingerprint density at radius 3 is 2.44 bits per heavy atom. The molecule has 0 radical (unpaired) electrons. The average molecular weight is 546 g/mol. The molecule has 216 valence electrons. The summed E-state index contributed by atoms with van der Waals surface area (Å²) in [6.07, 6.45) is 7.58. The molecule has 3 aliphatic rings. The molecule has 1 amide bonds. The Bertz CT molecular complexity index is 993. The lowest BCUT2D eigenvalue weighted by Gasteiger charge is -2.30. The van der Waals surface area contributed by atoms with E-state index in [0.29, 0.717) is 37.4 Å². The van der Waals surface area contributed by atoms with E-state index in [9.17, 15) is 14.7 Å². The fraction of sp³-hybridized carbons (Fsp3) is 0.655. The maximum atomic E-state index is 13.6. The van der Waals surface area contributed by atoms with Gasteiger partial charge in [0, 0.05) is 38.0 Å². The first-order valence-electron chi connectivity index (χ1n) is 14.1. The van der Waals surface area contributed by atoms with Crippen LogP contribution in [0, 0.1) is 5.92 Å². The van der Waals surface area contributed by atoms with Gasteiger partial charge in [-0.25, -0.2) is 0 Å². The molecule has 0 aromatic heterocycles. The number of hydrogen-bond donors (Lipinski definition) is 1. The van der Waals surface area contributed by atoms with Gasteiger partial charge in [-0.1, -0.05) is 19.4 Å². The molecular weight excluding hydrogens is 502 g/mol. The van der Waals surface area contributed by atoms with E-state index in [1.165, 1.54) is 12.5 Å². The van der Waals surface area contributed by atoms with Crippen LogP contribution >= 0.6 is 0 Å². The predicted molar refractivity (Wildman–Crippen MR) is 145 cm³/mol. The van der Waals surface area contributed by atoms with Crippen molar-refractivity contribution in [3.63, 3.8) is 0 Å². The molecule has 10 heteroatoms. The number of likely N-dealkylation sites (tertiary alicyclic amines) is 1. The molecule has 1 N–H and O–H groups in total. The molecular formula is C29H43N3O7. The summed E-state index contributed by atoms with van der Waals surface area (Å²) in [6, 6.07) is 5.31. The predicted octanol–water partition coefficient (Wildman–Crippen LogP) is 3.48. The summed E-state index contributed by atoms with van der Waals surface area (Å²) in [5, 5.41) is 10.4. The molecule has 1 saturated heterocycles. The Kier molecular flexibility index (Phi) is 10.3. The fourth-order valence-electron chi connectivity index (χ4n) is 5.76. The molecule has 0 bridgehead atoms. The molecule has 0 aliphatic carbocycles. The number of carboxylic acids is 1. The minimum Gasteiger partial charge on any atom is -0.481 e. The number of ether oxygens (including phenoxy) is 4. The summed E-state index contributed by atoms with van der Waals surface area (Å²) in [7, 11) is 4.11. The van der Waals surface area contributed by atoms with Gasteiger partial charge in [0.05, 0.1) is 12.5 Å². The highest BCUT2D eigenvalue weighted by atomic mass is 16.7. The van der Waals surface area contributed by atoms with Crippen LogP contribution in [0.2, 0.25) is 0 Å². The number of carbonyl (C=O) groups excluding carboxylic acids is 1. The van der Waals surface area contributed by atoms with Crippen molar-refractivity contribution in [1.82, 2.24) is 14.7 Å². The molecule has 4 rings (SSSR count). The number of fused-ring (bicyclic) bond motifs is 1. The third-order valence-corrected chi connectivity index (χ3v) is 7.83. The first-order chi connectivity index (χ1) is 18.9. The van der Waals surface area contributed by atoms with Gasteiger partial charge in [0.25, 0.3) is 0 Å². The minimum atomic E-state index is -0.865. The van der Waals surface area contributed by atoms with Crippen LogP contribution in [0.15, 0.2) is 30.7 Å². The summed E-state index contributed by atoms with van der Waals surface area (Å²) in [6.45, 7) is 5.38. The van der Waals surface area contributed by atoms with Crippen LogP contribution in [-0.2, 0) is 19.1 Å². The van der Waals surface area contributed by atoms with E-state index in [0.717, 1.165) is 44.3 Å². The molecule has 10 nitrogen and oxygen atoms in total. The van der Waals surface area contributed by atoms with E-state index < -0.39 is 18.2 Å². The molecule has 3 heterocycles. The van der Waals surface area contributed by atoms with Crippen LogP contribution in [0.3, 0.4) is 0 Å². The van der Waals surface area contributed by atoms with E-state index in [4.69, 9.17) is 18.9 Å². The number of hydrogen-bond acceptors (Lipinski definition) is 8. The summed E-state index contributed by atoms with van der Waals surface area (Å²) >= 11 is 0. The first-order valence-corrected chi connectivity index (χ1v) is 14.1. The van der Waals surface area contributed by atoms with Crippen molar-refractivity contribution in [2.45, 2.75) is 63.7 Å². The van der Waals surface area contributed by atoms with Crippen LogP contribution in [0.1, 0.15) is 56.9 Å². The summed E-state index contributed by atoms with van der Waals surface area (Å²) in [5.41, 5.74) is 0.883. The number of unbranched alkanes of at least 4 members (excludes halogenated alkanes) is 2. The molecule has 0 spiro atoms. The molecule has 1 aromatic rings. The van der Waals surface area contributed by atoms with Crippen LogP contribution < -0.4 is 9.47 Å². The summed E-state index contributed by atoms with van der Waals surface area (Å²) in [5.74, 6) is -0.486. The van der Waals surface area contributed by atoms with E-state index in [-0.39, 0.29) is 31.2 Å². The number of amides is 1. The van der Waals surface area contributed by atoms with Crippen molar-refractivity contribution in [2.24, 2.45) is 5.92 Å². The second-order valence-corrected chi connectivity index (χ2v) is 10.9. The number of carbonyl (C=O) groups is 2. The monoisotopic (exact) mass is 545 g/mol. The zero-order valence-electron chi connectivity index (χ0n) is 23.4. The fourth-order valence-corrected chi connectivity index (χ4v) is 5.76. The number of rotatable bonds is 15. The van der Waals surface area contributed by atoms with Crippen LogP contribution in [-0.4, -0.2) is 97.6 Å². The van der Waals surface area contributed by atoms with Crippen LogP contribution in [0.25, 0.3) is 0 Å². The molecule has 3 aliphatic heterocycles. The highest BCUT2D eigenvalue weighted by Gasteiger charge is 2.47. The van der Waals surface area contributed by atoms with Gasteiger partial charge in [-0.2, -0.15) is 0 Å². The Morgan fingerprint density at radius 1 is 1.00 bits per heavy atom. The number of carboxylic acid groups (broad SMARTS) is 1. The Morgan fingerprint density at radius 2 is 1.72 bits per heavy atom. The highest BCUT2D eigenvalue weighted by molar-refractivity contribution is 5.79. The standard InChI is InChI=1S/C29H43N3O7/c1-4-5-13-31(14-7-6-12-30(2)3)26(33)19-32-18-22(21-8-10-24-25(17-21)39-20-38-24)28(29(34)35)23(32)9-11-27-36-15-16-37-27/h8,10,15-17,22-23,27-28H,4-7,9,11-14,18-20H2,1-3H3,(H,34,35)/t22?,23-,28+/m1/s1. The molecule has 0 saturated carbocycles. The summed E-state index contributed by atoms with van der Waals surface area (Å²) in [4.78, 5) is 32.5. The minimum absolute atomic E-state index is 0.0591. The Hall–Kier alpha value is -2.98. The quantitative estimate of drug-likeness (QED) is 0.332. The average Bonchev–Trinajstić information content (AvgIpc) is 3.66. The summed E-state index contributed by atoms with van der Waals surface area (Å²) < 4.78 is 22.0. The lowest BCUT2D eigenvalue weighted by molar-refractivity contribution is -0.144. The normalized spacial score (nSPS) is 22.3.